The monoisotopic (exact) mass is 438 g/mol. The van der Waals surface area contributed by atoms with Crippen LogP contribution in [-0.2, 0) is 19.7 Å². The number of hydrogen-bond acceptors (Lipinski definition) is 7. The Morgan fingerprint density at radius 3 is 2.28 bits per heavy atom. The minimum absolute atomic E-state index is 0.0525. The van der Waals surface area contributed by atoms with Crippen molar-refractivity contribution < 1.29 is 24.4 Å². The first-order valence-electron chi connectivity index (χ1n) is 10.4. The van der Waals surface area contributed by atoms with Crippen LogP contribution < -0.4 is 25.3 Å². The van der Waals surface area contributed by atoms with Crippen LogP contribution in [0.15, 0.2) is 54.6 Å². The molecule has 5 N–H and O–H groups in total. The summed E-state index contributed by atoms with van der Waals surface area (Å²) in [7, 11) is 3.19. The topological polar surface area (TPSA) is 106 Å². The first-order valence-corrected chi connectivity index (χ1v) is 10.4. The number of ether oxygens (including phenoxy) is 3. The summed E-state index contributed by atoms with van der Waals surface area (Å²) < 4.78 is 17.2. The lowest BCUT2D eigenvalue weighted by molar-refractivity contribution is 0.289. The van der Waals surface area contributed by atoms with Gasteiger partial charge in [-0.1, -0.05) is 30.3 Å². The molecule has 0 heterocycles. The number of hydrogen-bond donors (Lipinski definition) is 4. The molecule has 170 valence electrons. The Labute approximate surface area is 188 Å². The molecule has 3 aromatic rings. The zero-order valence-electron chi connectivity index (χ0n) is 18.4. The molecule has 0 saturated heterocycles. The van der Waals surface area contributed by atoms with Crippen molar-refractivity contribution >= 4 is 0 Å². The molecular formula is C25H30N2O5. The highest BCUT2D eigenvalue weighted by molar-refractivity contribution is 5.70. The average Bonchev–Trinajstić information content (AvgIpc) is 2.82. The highest BCUT2D eigenvalue weighted by atomic mass is 16.5. The molecule has 32 heavy (non-hydrogen) atoms. The summed E-state index contributed by atoms with van der Waals surface area (Å²) in [5, 5.41) is 22.0. The molecule has 0 unspecified atom stereocenters. The zero-order chi connectivity index (χ0) is 22.9. The van der Waals surface area contributed by atoms with Gasteiger partial charge in [0.25, 0.3) is 0 Å². The number of aliphatic hydroxyl groups is 1. The molecule has 0 saturated carbocycles. The molecule has 0 radical (unpaired) electrons. The van der Waals surface area contributed by atoms with Crippen LogP contribution in [0.3, 0.4) is 0 Å². The molecule has 0 spiro atoms. The van der Waals surface area contributed by atoms with E-state index >= 15 is 0 Å². The lowest BCUT2D eigenvalue weighted by Gasteiger charge is -2.18. The Hall–Kier alpha value is -3.26. The van der Waals surface area contributed by atoms with Crippen molar-refractivity contribution in [1.29, 1.82) is 0 Å². The molecule has 3 rings (SSSR count). The van der Waals surface area contributed by atoms with Crippen LogP contribution in [0, 0.1) is 0 Å². The predicted octanol–water partition coefficient (Wildman–Crippen LogP) is 3.20. The number of methoxy groups -OCH3 is 2. The third-order valence-electron chi connectivity index (χ3n) is 5.20. The maximum atomic E-state index is 9.85. The number of benzene rings is 3. The number of nitrogens with two attached hydrogens (primary N) is 1. The van der Waals surface area contributed by atoms with Crippen LogP contribution >= 0.6 is 0 Å². The minimum Gasteiger partial charge on any atom is -0.508 e. The molecule has 0 aromatic heterocycles. The Kier molecular flexibility index (Phi) is 8.33. The Bertz CT molecular complexity index is 1010. The molecule has 0 amide bonds. The highest BCUT2D eigenvalue weighted by Gasteiger charge is 2.15. The van der Waals surface area contributed by atoms with Gasteiger partial charge in [0.15, 0.2) is 0 Å². The van der Waals surface area contributed by atoms with Gasteiger partial charge in [-0.2, -0.15) is 0 Å². The van der Waals surface area contributed by atoms with E-state index in [1.807, 2.05) is 42.5 Å². The van der Waals surface area contributed by atoms with E-state index in [1.165, 1.54) is 0 Å². The maximum Gasteiger partial charge on any atom is 0.130 e. The van der Waals surface area contributed by atoms with Gasteiger partial charge >= 0.3 is 0 Å². The summed E-state index contributed by atoms with van der Waals surface area (Å²) in [4.78, 5) is 0. The van der Waals surface area contributed by atoms with E-state index in [-0.39, 0.29) is 12.4 Å². The van der Waals surface area contributed by atoms with E-state index in [0.717, 1.165) is 27.8 Å². The molecule has 0 atom stereocenters. The quantitative estimate of drug-likeness (QED) is 0.341. The van der Waals surface area contributed by atoms with Crippen molar-refractivity contribution in [2.75, 3.05) is 27.4 Å². The van der Waals surface area contributed by atoms with Crippen LogP contribution in [0.5, 0.6) is 23.0 Å². The molecular weight excluding hydrogens is 408 g/mol. The summed E-state index contributed by atoms with van der Waals surface area (Å²) in [5.74, 6) is 2.09. The standard InChI is InChI=1S/C25H30N2O5/c1-30-24-12-20(13-25(31-2)23(24)15-27-9-10-28)32-16-18-6-4-8-21(22(18)14-26)17-5-3-7-19(29)11-17/h3-8,11-13,27-29H,9-10,14-16,26H2,1-2H3. The van der Waals surface area contributed by atoms with Gasteiger partial charge in [0.05, 0.1) is 26.4 Å². The van der Waals surface area contributed by atoms with Gasteiger partial charge in [-0.05, 0) is 34.4 Å². The fourth-order valence-corrected chi connectivity index (χ4v) is 3.63. The Morgan fingerprint density at radius 2 is 1.66 bits per heavy atom. The van der Waals surface area contributed by atoms with E-state index in [1.54, 1.807) is 26.4 Å². The van der Waals surface area contributed by atoms with Crippen molar-refractivity contribution in [3.8, 4) is 34.1 Å². The van der Waals surface area contributed by atoms with Crippen molar-refractivity contribution in [3.05, 3.63) is 71.3 Å². The molecule has 0 aliphatic carbocycles. The van der Waals surface area contributed by atoms with Crippen molar-refractivity contribution in [3.63, 3.8) is 0 Å². The lowest BCUT2D eigenvalue weighted by atomic mass is 9.95. The number of rotatable bonds is 11. The van der Waals surface area contributed by atoms with Crippen molar-refractivity contribution in [2.24, 2.45) is 5.73 Å². The van der Waals surface area contributed by atoms with Gasteiger partial charge in [-0.15, -0.1) is 0 Å². The number of phenolic OH excluding ortho intramolecular Hbond substituents is 1. The van der Waals surface area contributed by atoms with E-state index in [4.69, 9.17) is 25.1 Å². The van der Waals surface area contributed by atoms with E-state index in [0.29, 0.717) is 43.5 Å². The third-order valence-corrected chi connectivity index (χ3v) is 5.20. The number of aromatic hydroxyl groups is 1. The molecule has 0 aliphatic rings. The average molecular weight is 439 g/mol. The number of nitrogens with one attached hydrogen (secondary N) is 1. The molecule has 0 bridgehead atoms. The van der Waals surface area contributed by atoms with Crippen LogP contribution in [0.25, 0.3) is 11.1 Å². The largest absolute Gasteiger partial charge is 0.508 e. The van der Waals surface area contributed by atoms with Gasteiger partial charge in [0, 0.05) is 31.8 Å². The Balaban J connectivity index is 1.85. The summed E-state index contributed by atoms with van der Waals surface area (Å²) in [5.41, 5.74) is 10.7. The summed E-state index contributed by atoms with van der Waals surface area (Å²) in [6.07, 6.45) is 0. The first kappa shape index (κ1) is 23.4. The van der Waals surface area contributed by atoms with Gasteiger partial charge in [-0.25, -0.2) is 0 Å². The summed E-state index contributed by atoms with van der Waals surface area (Å²) >= 11 is 0. The molecule has 0 aliphatic heterocycles. The van der Waals surface area contributed by atoms with E-state index in [9.17, 15) is 5.11 Å². The minimum atomic E-state index is 0.0525. The third kappa shape index (κ3) is 5.50. The second-order valence-corrected chi connectivity index (χ2v) is 7.19. The fraction of sp³-hybridized carbons (Fsp3) is 0.280. The SMILES string of the molecule is COc1cc(OCc2cccc(-c3cccc(O)c3)c2CN)cc(OC)c1CNCCO. The van der Waals surface area contributed by atoms with Crippen molar-refractivity contribution in [2.45, 2.75) is 19.7 Å². The van der Waals surface area contributed by atoms with Gasteiger partial charge in [0.1, 0.15) is 29.6 Å². The second kappa shape index (κ2) is 11.4. The number of phenols is 1. The van der Waals surface area contributed by atoms with Gasteiger partial charge < -0.3 is 35.5 Å². The first-order chi connectivity index (χ1) is 15.6. The number of aliphatic hydroxyl groups excluding tert-OH is 1. The van der Waals surface area contributed by atoms with E-state index in [2.05, 4.69) is 5.32 Å². The highest BCUT2D eigenvalue weighted by Crippen LogP contribution is 2.35. The Morgan fingerprint density at radius 1 is 0.938 bits per heavy atom. The molecule has 7 nitrogen and oxygen atoms in total. The van der Waals surface area contributed by atoms with Crippen LogP contribution in [0.4, 0.5) is 0 Å². The van der Waals surface area contributed by atoms with Crippen LogP contribution in [0.1, 0.15) is 16.7 Å². The fourth-order valence-electron chi connectivity index (χ4n) is 3.63. The predicted molar refractivity (Wildman–Crippen MR) is 124 cm³/mol. The second-order valence-electron chi connectivity index (χ2n) is 7.19. The molecule has 0 fully saturated rings. The normalized spacial score (nSPS) is 10.8. The molecule has 7 heteroatoms. The van der Waals surface area contributed by atoms with E-state index < -0.39 is 0 Å². The lowest BCUT2D eigenvalue weighted by Crippen LogP contribution is -2.18. The summed E-state index contributed by atoms with van der Waals surface area (Å²) in [6, 6.07) is 16.7. The van der Waals surface area contributed by atoms with Crippen LogP contribution in [0.2, 0.25) is 0 Å². The molecule has 3 aromatic carbocycles. The summed E-state index contributed by atoms with van der Waals surface area (Å²) in [6.45, 7) is 1.68. The zero-order valence-corrected chi connectivity index (χ0v) is 18.4. The van der Waals surface area contributed by atoms with Gasteiger partial charge in [0.2, 0.25) is 0 Å². The smallest absolute Gasteiger partial charge is 0.130 e. The van der Waals surface area contributed by atoms with Gasteiger partial charge in [-0.3, -0.25) is 0 Å². The van der Waals surface area contributed by atoms with Crippen LogP contribution in [-0.4, -0.2) is 37.6 Å². The van der Waals surface area contributed by atoms with Crippen molar-refractivity contribution in [1.82, 2.24) is 5.32 Å². The maximum absolute atomic E-state index is 9.85.